The number of nitrogens with two attached hydrogens (primary N) is 1. The minimum Gasteiger partial charge on any atom is -0.493 e. The fourth-order valence-electron chi connectivity index (χ4n) is 2.45. The number of hydrogen-bond acceptors (Lipinski definition) is 3. The average Bonchev–Trinajstić information content (AvgIpc) is 2.70. The molecule has 2 N–H and O–H groups in total. The van der Waals surface area contributed by atoms with Crippen LogP contribution in [0.5, 0.6) is 5.75 Å². The zero-order valence-corrected chi connectivity index (χ0v) is 9.11. The third-order valence-electron chi connectivity index (χ3n) is 3.52. The predicted octanol–water partition coefficient (Wildman–Crippen LogP) is 1.54. The summed E-state index contributed by atoms with van der Waals surface area (Å²) in [6, 6.07) is 5.99. The molecule has 84 valence electrons. The number of carbonyl (C=O) groups excluding carboxylic acids is 1. The van der Waals surface area contributed by atoms with Gasteiger partial charge in [0.25, 0.3) is 0 Å². The van der Waals surface area contributed by atoms with E-state index in [2.05, 4.69) is 0 Å². The first-order valence-electron chi connectivity index (χ1n) is 5.79. The molecule has 3 rings (SSSR count). The fraction of sp³-hybridized carbons (Fsp3) is 0.462. The summed E-state index contributed by atoms with van der Waals surface area (Å²) in [7, 11) is 0. The van der Waals surface area contributed by atoms with Crippen molar-refractivity contribution in [3.05, 3.63) is 29.3 Å². The molecule has 0 saturated heterocycles. The van der Waals surface area contributed by atoms with Crippen molar-refractivity contribution in [1.82, 2.24) is 0 Å². The third kappa shape index (κ3) is 1.52. The molecule has 0 spiro atoms. The van der Waals surface area contributed by atoms with Gasteiger partial charge in [0.2, 0.25) is 0 Å². The maximum atomic E-state index is 12.1. The van der Waals surface area contributed by atoms with Crippen molar-refractivity contribution in [2.75, 3.05) is 6.61 Å². The summed E-state index contributed by atoms with van der Waals surface area (Å²) >= 11 is 0. The molecule has 1 fully saturated rings. The second-order valence-electron chi connectivity index (χ2n) is 4.71. The lowest BCUT2D eigenvalue weighted by Crippen LogP contribution is -2.40. The van der Waals surface area contributed by atoms with Crippen molar-refractivity contribution >= 4 is 5.78 Å². The minimum absolute atomic E-state index is 0.148. The zero-order valence-electron chi connectivity index (χ0n) is 9.11. The van der Waals surface area contributed by atoms with E-state index in [9.17, 15) is 4.79 Å². The Hall–Kier alpha value is -1.35. The summed E-state index contributed by atoms with van der Waals surface area (Å²) in [5, 5.41) is 0. The molecule has 0 aromatic heterocycles. The van der Waals surface area contributed by atoms with E-state index in [0.717, 1.165) is 42.7 Å². The van der Waals surface area contributed by atoms with Crippen LogP contribution >= 0.6 is 0 Å². The van der Waals surface area contributed by atoms with Gasteiger partial charge < -0.3 is 10.5 Å². The van der Waals surface area contributed by atoms with Crippen LogP contribution in [0.2, 0.25) is 0 Å². The van der Waals surface area contributed by atoms with Gasteiger partial charge >= 0.3 is 0 Å². The lowest BCUT2D eigenvalue weighted by atomic mass is 9.76. The summed E-state index contributed by atoms with van der Waals surface area (Å²) < 4.78 is 5.42. The summed E-state index contributed by atoms with van der Waals surface area (Å²) in [6.07, 6.45) is 2.60. The number of fused-ring (bicyclic) bond motifs is 1. The smallest absolute Gasteiger partial charge is 0.166 e. The molecule has 16 heavy (non-hydrogen) atoms. The van der Waals surface area contributed by atoms with E-state index < -0.39 is 0 Å². The summed E-state index contributed by atoms with van der Waals surface area (Å²) in [6.45, 7) is 0.737. The molecule has 1 heterocycles. The van der Waals surface area contributed by atoms with E-state index in [0.29, 0.717) is 0 Å². The number of benzene rings is 1. The Bertz CT molecular complexity index is 436. The predicted molar refractivity (Wildman–Crippen MR) is 60.7 cm³/mol. The van der Waals surface area contributed by atoms with Crippen LogP contribution in [0.1, 0.15) is 28.8 Å². The largest absolute Gasteiger partial charge is 0.493 e. The van der Waals surface area contributed by atoms with Crippen LogP contribution in [-0.2, 0) is 6.42 Å². The summed E-state index contributed by atoms with van der Waals surface area (Å²) in [5.74, 6) is 1.33. The van der Waals surface area contributed by atoms with E-state index in [4.69, 9.17) is 10.5 Å². The number of carbonyl (C=O) groups is 1. The van der Waals surface area contributed by atoms with E-state index in [-0.39, 0.29) is 17.7 Å². The van der Waals surface area contributed by atoms with E-state index >= 15 is 0 Å². The molecule has 1 aliphatic carbocycles. The van der Waals surface area contributed by atoms with Crippen LogP contribution in [0.25, 0.3) is 0 Å². The molecule has 1 aromatic carbocycles. The molecule has 1 aromatic rings. The van der Waals surface area contributed by atoms with Crippen molar-refractivity contribution < 1.29 is 9.53 Å². The van der Waals surface area contributed by atoms with Gasteiger partial charge in [0.1, 0.15) is 5.75 Å². The normalized spacial score (nSPS) is 26.8. The second-order valence-corrected chi connectivity index (χ2v) is 4.71. The highest BCUT2D eigenvalue weighted by Gasteiger charge is 2.32. The van der Waals surface area contributed by atoms with Crippen molar-refractivity contribution in [1.29, 1.82) is 0 Å². The van der Waals surface area contributed by atoms with Crippen LogP contribution in [0.4, 0.5) is 0 Å². The van der Waals surface area contributed by atoms with Gasteiger partial charge in [-0.1, -0.05) is 0 Å². The van der Waals surface area contributed by atoms with Crippen LogP contribution in [0.15, 0.2) is 18.2 Å². The molecular formula is C13H15NO2. The van der Waals surface area contributed by atoms with Gasteiger partial charge in [-0.05, 0) is 36.6 Å². The Balaban J connectivity index is 1.82. The maximum Gasteiger partial charge on any atom is 0.166 e. The lowest BCUT2D eigenvalue weighted by molar-refractivity contribution is 0.0832. The second kappa shape index (κ2) is 3.59. The molecule has 0 radical (unpaired) electrons. The van der Waals surface area contributed by atoms with Crippen molar-refractivity contribution in [2.24, 2.45) is 11.7 Å². The van der Waals surface area contributed by atoms with Gasteiger partial charge in [0.05, 0.1) is 6.61 Å². The summed E-state index contributed by atoms with van der Waals surface area (Å²) in [4.78, 5) is 12.1. The molecule has 0 unspecified atom stereocenters. The van der Waals surface area contributed by atoms with Crippen molar-refractivity contribution in [2.45, 2.75) is 25.3 Å². The molecule has 3 nitrogen and oxygen atoms in total. The topological polar surface area (TPSA) is 52.3 Å². The Morgan fingerprint density at radius 2 is 2.19 bits per heavy atom. The zero-order chi connectivity index (χ0) is 11.1. The van der Waals surface area contributed by atoms with E-state index in [1.54, 1.807) is 0 Å². The van der Waals surface area contributed by atoms with Crippen molar-refractivity contribution in [3.8, 4) is 5.75 Å². The van der Waals surface area contributed by atoms with Crippen LogP contribution in [0.3, 0.4) is 0 Å². The van der Waals surface area contributed by atoms with Crippen LogP contribution in [0, 0.1) is 5.92 Å². The first-order valence-corrected chi connectivity index (χ1v) is 5.79. The lowest BCUT2D eigenvalue weighted by Gasteiger charge is -2.31. The average molecular weight is 217 g/mol. The molecular weight excluding hydrogens is 202 g/mol. The molecule has 0 atom stereocenters. The third-order valence-corrected chi connectivity index (χ3v) is 3.52. The van der Waals surface area contributed by atoms with Crippen molar-refractivity contribution in [3.63, 3.8) is 0 Å². The molecule has 1 saturated carbocycles. The molecule has 3 heteroatoms. The number of Topliss-reactive ketones (excluding diaryl/α,β-unsaturated/α-hetero) is 1. The number of ether oxygens (including phenoxy) is 1. The quantitative estimate of drug-likeness (QED) is 0.764. The van der Waals surface area contributed by atoms with E-state index in [1.807, 2.05) is 18.2 Å². The Kier molecular flexibility index (Phi) is 2.21. The number of ketones is 1. The SMILES string of the molecule is NC1CC(C(=O)c2ccc3c(c2)CCO3)C1. The number of rotatable bonds is 2. The highest BCUT2D eigenvalue weighted by atomic mass is 16.5. The Morgan fingerprint density at radius 1 is 1.38 bits per heavy atom. The first kappa shape index (κ1) is 9.85. The first-order chi connectivity index (χ1) is 7.74. The molecule has 1 aliphatic heterocycles. The van der Waals surface area contributed by atoms with Gasteiger partial charge in [-0.2, -0.15) is 0 Å². The molecule has 0 amide bonds. The molecule has 0 bridgehead atoms. The van der Waals surface area contributed by atoms with Crippen LogP contribution < -0.4 is 10.5 Å². The standard InChI is InChI=1S/C13H15NO2/c14-11-6-10(7-11)13(15)9-1-2-12-8(5-9)3-4-16-12/h1-2,5,10-11H,3-4,6-7,14H2. The summed E-state index contributed by atoms with van der Waals surface area (Å²) in [5.41, 5.74) is 7.68. The monoisotopic (exact) mass is 217 g/mol. The van der Waals surface area contributed by atoms with Gasteiger partial charge in [-0.15, -0.1) is 0 Å². The van der Waals surface area contributed by atoms with Gasteiger partial charge in [0, 0.05) is 23.9 Å². The van der Waals surface area contributed by atoms with Gasteiger partial charge in [-0.25, -0.2) is 0 Å². The highest BCUT2D eigenvalue weighted by Crippen LogP contribution is 2.32. The minimum atomic E-state index is 0.148. The highest BCUT2D eigenvalue weighted by molar-refractivity contribution is 5.98. The Labute approximate surface area is 94.6 Å². The molecule has 2 aliphatic rings. The Morgan fingerprint density at radius 3 is 2.94 bits per heavy atom. The fourth-order valence-corrected chi connectivity index (χ4v) is 2.45. The van der Waals surface area contributed by atoms with Crippen LogP contribution in [-0.4, -0.2) is 18.4 Å². The maximum absolute atomic E-state index is 12.1. The van der Waals surface area contributed by atoms with E-state index in [1.165, 1.54) is 0 Å². The number of hydrogen-bond donors (Lipinski definition) is 1. The van der Waals surface area contributed by atoms with Gasteiger partial charge in [-0.3, -0.25) is 4.79 Å². The van der Waals surface area contributed by atoms with Gasteiger partial charge in [0.15, 0.2) is 5.78 Å².